The standard InChI is InChI=1S/C21H36O4/c1-15(13-18(23)24)7-8-17-20(4)11-6-10-19(2,3)16(20)9-12-21(17,5)25-14-22/h14-17H,6-13H2,1-5H3,(H,23,24). The van der Waals surface area contributed by atoms with E-state index >= 15 is 0 Å². The van der Waals surface area contributed by atoms with E-state index in [9.17, 15) is 9.59 Å². The number of hydrogen-bond donors (Lipinski definition) is 1. The maximum atomic E-state index is 11.2. The number of carbonyl (C=O) groups excluding carboxylic acids is 1. The number of carbonyl (C=O) groups is 2. The molecule has 5 atom stereocenters. The van der Waals surface area contributed by atoms with Gasteiger partial charge in [-0.15, -0.1) is 0 Å². The summed E-state index contributed by atoms with van der Waals surface area (Å²) in [5.74, 6) is 0.348. The average Bonchev–Trinajstić information content (AvgIpc) is 2.44. The summed E-state index contributed by atoms with van der Waals surface area (Å²) >= 11 is 0. The van der Waals surface area contributed by atoms with Gasteiger partial charge in [0.25, 0.3) is 6.47 Å². The van der Waals surface area contributed by atoms with E-state index in [1.807, 2.05) is 6.92 Å². The molecule has 0 aromatic carbocycles. The fourth-order valence-electron chi connectivity index (χ4n) is 6.34. The van der Waals surface area contributed by atoms with Crippen LogP contribution >= 0.6 is 0 Å². The Labute approximate surface area is 152 Å². The minimum absolute atomic E-state index is 0.151. The van der Waals surface area contributed by atoms with Crippen LogP contribution in [-0.4, -0.2) is 23.1 Å². The largest absolute Gasteiger partial charge is 0.481 e. The van der Waals surface area contributed by atoms with Gasteiger partial charge in [0, 0.05) is 12.3 Å². The molecule has 5 unspecified atom stereocenters. The van der Waals surface area contributed by atoms with Crippen LogP contribution in [0.1, 0.15) is 86.0 Å². The molecule has 2 aliphatic rings. The third-order valence-electron chi connectivity index (χ3n) is 7.53. The van der Waals surface area contributed by atoms with E-state index in [2.05, 4.69) is 27.7 Å². The third-order valence-corrected chi connectivity index (χ3v) is 7.53. The monoisotopic (exact) mass is 352 g/mol. The van der Waals surface area contributed by atoms with Crippen LogP contribution in [0.15, 0.2) is 0 Å². The number of fused-ring (bicyclic) bond motifs is 1. The first-order chi connectivity index (χ1) is 11.5. The molecule has 4 heteroatoms. The second-order valence-electron chi connectivity index (χ2n) is 9.80. The van der Waals surface area contributed by atoms with Crippen molar-refractivity contribution in [1.29, 1.82) is 0 Å². The van der Waals surface area contributed by atoms with Crippen LogP contribution in [0.4, 0.5) is 0 Å². The molecule has 0 bridgehead atoms. The molecule has 0 amide bonds. The Morgan fingerprint density at radius 1 is 1.24 bits per heavy atom. The summed E-state index contributed by atoms with van der Waals surface area (Å²) in [6.45, 7) is 11.9. The lowest BCUT2D eigenvalue weighted by atomic mass is 9.45. The number of rotatable bonds is 7. The maximum Gasteiger partial charge on any atom is 0.303 e. The molecule has 2 fully saturated rings. The molecule has 0 saturated heterocycles. The van der Waals surface area contributed by atoms with Crippen LogP contribution in [0.5, 0.6) is 0 Å². The molecule has 0 aromatic rings. The molecule has 0 aliphatic heterocycles. The first-order valence-corrected chi connectivity index (χ1v) is 9.88. The molecular formula is C21H36O4. The van der Waals surface area contributed by atoms with Crippen LogP contribution in [0.3, 0.4) is 0 Å². The van der Waals surface area contributed by atoms with Gasteiger partial charge in [-0.1, -0.05) is 34.1 Å². The van der Waals surface area contributed by atoms with Crippen molar-refractivity contribution in [3.8, 4) is 0 Å². The summed E-state index contributed by atoms with van der Waals surface area (Å²) in [6, 6.07) is 0. The minimum atomic E-state index is -0.731. The highest BCUT2D eigenvalue weighted by Gasteiger charge is 2.59. The van der Waals surface area contributed by atoms with E-state index in [1.165, 1.54) is 19.3 Å². The van der Waals surface area contributed by atoms with E-state index in [4.69, 9.17) is 9.84 Å². The molecule has 2 aliphatic carbocycles. The molecular weight excluding hydrogens is 316 g/mol. The van der Waals surface area contributed by atoms with Crippen LogP contribution in [0, 0.1) is 28.6 Å². The number of carboxylic acids is 1. The van der Waals surface area contributed by atoms with Gasteiger partial charge in [-0.3, -0.25) is 9.59 Å². The van der Waals surface area contributed by atoms with E-state index in [0.717, 1.165) is 25.7 Å². The predicted molar refractivity (Wildman–Crippen MR) is 98.2 cm³/mol. The zero-order valence-electron chi connectivity index (χ0n) is 16.6. The average molecular weight is 353 g/mol. The summed E-state index contributed by atoms with van der Waals surface area (Å²) in [6.07, 6.45) is 7.70. The minimum Gasteiger partial charge on any atom is -0.481 e. The van der Waals surface area contributed by atoms with Crippen LogP contribution in [-0.2, 0) is 14.3 Å². The molecule has 25 heavy (non-hydrogen) atoms. The summed E-state index contributed by atoms with van der Waals surface area (Å²) in [5, 5.41) is 9.04. The second kappa shape index (κ2) is 7.28. The van der Waals surface area contributed by atoms with Gasteiger partial charge in [-0.2, -0.15) is 0 Å². The van der Waals surface area contributed by atoms with Gasteiger partial charge in [0.2, 0.25) is 0 Å². The van der Waals surface area contributed by atoms with Gasteiger partial charge in [-0.25, -0.2) is 0 Å². The Kier molecular flexibility index (Phi) is 5.90. The topological polar surface area (TPSA) is 63.6 Å². The first kappa shape index (κ1) is 20.3. The van der Waals surface area contributed by atoms with Gasteiger partial charge in [-0.05, 0) is 68.1 Å². The Morgan fingerprint density at radius 2 is 1.92 bits per heavy atom. The summed E-state index contributed by atoms with van der Waals surface area (Å²) in [4.78, 5) is 22.2. The Hall–Kier alpha value is -1.06. The van der Waals surface area contributed by atoms with Crippen molar-refractivity contribution < 1.29 is 19.4 Å². The normalized spacial score (nSPS) is 38.4. The van der Waals surface area contributed by atoms with Crippen molar-refractivity contribution in [2.24, 2.45) is 28.6 Å². The molecule has 1 N–H and O–H groups in total. The molecule has 0 spiro atoms. The Morgan fingerprint density at radius 3 is 2.52 bits per heavy atom. The summed E-state index contributed by atoms with van der Waals surface area (Å²) in [7, 11) is 0. The lowest BCUT2D eigenvalue weighted by Crippen LogP contribution is -2.58. The highest BCUT2D eigenvalue weighted by Crippen LogP contribution is 2.63. The smallest absolute Gasteiger partial charge is 0.303 e. The van der Waals surface area contributed by atoms with Gasteiger partial charge in [0.05, 0.1) is 0 Å². The lowest BCUT2D eigenvalue weighted by molar-refractivity contribution is -0.191. The van der Waals surface area contributed by atoms with E-state index in [-0.39, 0.29) is 17.8 Å². The number of hydrogen-bond acceptors (Lipinski definition) is 3. The Balaban J connectivity index is 2.26. The predicted octanol–water partition coefficient (Wildman–Crippen LogP) is 5.05. The number of carboxylic acid groups (broad SMARTS) is 1. The van der Waals surface area contributed by atoms with Crippen molar-refractivity contribution in [3.05, 3.63) is 0 Å². The second-order valence-corrected chi connectivity index (χ2v) is 9.80. The number of aliphatic carboxylic acids is 1. The summed E-state index contributed by atoms with van der Waals surface area (Å²) in [5.41, 5.74) is 0.0461. The molecule has 0 radical (unpaired) electrons. The zero-order chi connectivity index (χ0) is 18.9. The SMILES string of the molecule is CC(CCC1C(C)(OC=O)CCC2C(C)(C)CCCC21C)CC(=O)O. The first-order valence-electron chi connectivity index (χ1n) is 9.88. The van der Waals surface area contributed by atoms with Gasteiger partial charge < -0.3 is 9.84 Å². The fourth-order valence-corrected chi connectivity index (χ4v) is 6.34. The maximum absolute atomic E-state index is 11.2. The van der Waals surface area contributed by atoms with Crippen molar-refractivity contribution >= 4 is 12.4 Å². The van der Waals surface area contributed by atoms with Crippen LogP contribution in [0.25, 0.3) is 0 Å². The molecule has 0 aromatic heterocycles. The van der Waals surface area contributed by atoms with Crippen molar-refractivity contribution in [1.82, 2.24) is 0 Å². The molecule has 0 heterocycles. The van der Waals surface area contributed by atoms with Crippen LogP contribution < -0.4 is 0 Å². The number of ether oxygens (including phenoxy) is 1. The van der Waals surface area contributed by atoms with Gasteiger partial charge >= 0.3 is 5.97 Å². The van der Waals surface area contributed by atoms with E-state index in [1.54, 1.807) is 0 Å². The lowest BCUT2D eigenvalue weighted by Gasteiger charge is -2.61. The highest BCUT2D eigenvalue weighted by atomic mass is 16.5. The van der Waals surface area contributed by atoms with Crippen molar-refractivity contribution in [2.45, 2.75) is 91.6 Å². The quantitative estimate of drug-likeness (QED) is 0.651. The molecule has 2 saturated carbocycles. The van der Waals surface area contributed by atoms with Gasteiger partial charge in [0.1, 0.15) is 5.60 Å². The van der Waals surface area contributed by atoms with E-state index < -0.39 is 11.6 Å². The zero-order valence-corrected chi connectivity index (χ0v) is 16.6. The molecule has 144 valence electrons. The van der Waals surface area contributed by atoms with Crippen LogP contribution in [0.2, 0.25) is 0 Å². The van der Waals surface area contributed by atoms with E-state index in [0.29, 0.717) is 23.7 Å². The molecule has 4 nitrogen and oxygen atoms in total. The molecule has 2 rings (SSSR count). The van der Waals surface area contributed by atoms with Crippen molar-refractivity contribution in [2.75, 3.05) is 0 Å². The highest BCUT2D eigenvalue weighted by molar-refractivity contribution is 5.66. The van der Waals surface area contributed by atoms with Gasteiger partial charge in [0.15, 0.2) is 0 Å². The Bertz CT molecular complexity index is 500. The fraction of sp³-hybridized carbons (Fsp3) is 0.905. The summed E-state index contributed by atoms with van der Waals surface area (Å²) < 4.78 is 5.68. The van der Waals surface area contributed by atoms with Crippen molar-refractivity contribution in [3.63, 3.8) is 0 Å². The third kappa shape index (κ3) is 4.03.